The van der Waals surface area contributed by atoms with Gasteiger partial charge < -0.3 is 0 Å². The summed E-state index contributed by atoms with van der Waals surface area (Å²) in [6, 6.07) is 0. The van der Waals surface area contributed by atoms with Gasteiger partial charge in [0.05, 0.1) is 6.54 Å². The van der Waals surface area contributed by atoms with E-state index < -0.39 is 0 Å². The number of hydrogen-bond acceptors (Lipinski definition) is 2. The molecule has 0 atom stereocenters. The van der Waals surface area contributed by atoms with E-state index in [9.17, 15) is 4.79 Å². The second-order valence-electron chi connectivity index (χ2n) is 5.49. The number of rotatable bonds is 3. The highest BCUT2D eigenvalue weighted by molar-refractivity contribution is 5.83. The molecule has 0 aromatic rings. The van der Waals surface area contributed by atoms with Gasteiger partial charge in [0, 0.05) is 5.92 Å². The van der Waals surface area contributed by atoms with Crippen molar-refractivity contribution in [1.82, 2.24) is 4.90 Å². The van der Waals surface area contributed by atoms with E-state index in [1.807, 2.05) is 0 Å². The smallest absolute Gasteiger partial charge is 0.149 e. The van der Waals surface area contributed by atoms with Crippen molar-refractivity contribution in [3.8, 4) is 0 Å². The van der Waals surface area contributed by atoms with Crippen molar-refractivity contribution >= 4 is 5.78 Å². The molecule has 1 saturated heterocycles. The molecule has 2 rings (SSSR count). The lowest BCUT2D eigenvalue weighted by atomic mass is 9.86. The highest BCUT2D eigenvalue weighted by atomic mass is 16.1. The minimum absolute atomic E-state index is 0.400. The Kier molecular flexibility index (Phi) is 4.83. The number of likely N-dealkylation sites (tertiary alicyclic amines) is 1. The van der Waals surface area contributed by atoms with Gasteiger partial charge in [-0.1, -0.05) is 32.1 Å². The van der Waals surface area contributed by atoms with Crippen molar-refractivity contribution in [3.63, 3.8) is 0 Å². The molecule has 1 saturated carbocycles. The third-order valence-corrected chi connectivity index (χ3v) is 4.14. The number of carbonyl (C=O) groups excluding carboxylic acids is 1. The van der Waals surface area contributed by atoms with Crippen LogP contribution in [0.15, 0.2) is 0 Å². The zero-order valence-electron chi connectivity index (χ0n) is 10.4. The molecular weight excluding hydrogens is 198 g/mol. The van der Waals surface area contributed by atoms with Gasteiger partial charge in [-0.05, 0) is 38.8 Å². The Morgan fingerprint density at radius 2 is 1.44 bits per heavy atom. The highest BCUT2D eigenvalue weighted by Gasteiger charge is 2.23. The first kappa shape index (κ1) is 12.1. The van der Waals surface area contributed by atoms with E-state index in [-0.39, 0.29) is 0 Å². The van der Waals surface area contributed by atoms with Crippen LogP contribution < -0.4 is 0 Å². The number of hydrogen-bond donors (Lipinski definition) is 0. The molecule has 16 heavy (non-hydrogen) atoms. The molecule has 0 bridgehead atoms. The number of ketones is 1. The summed E-state index contributed by atoms with van der Waals surface area (Å²) in [5.41, 5.74) is 0. The van der Waals surface area contributed by atoms with E-state index in [0.717, 1.165) is 32.5 Å². The van der Waals surface area contributed by atoms with Gasteiger partial charge in [-0.3, -0.25) is 9.69 Å². The molecule has 0 aromatic heterocycles. The predicted octanol–water partition coefficient (Wildman–Crippen LogP) is 3.01. The van der Waals surface area contributed by atoms with Crippen LogP contribution in [0.25, 0.3) is 0 Å². The van der Waals surface area contributed by atoms with Crippen molar-refractivity contribution in [1.29, 1.82) is 0 Å². The summed E-state index contributed by atoms with van der Waals surface area (Å²) in [5, 5.41) is 0. The lowest BCUT2D eigenvalue weighted by Crippen LogP contribution is -2.34. The van der Waals surface area contributed by atoms with Gasteiger partial charge in [0.1, 0.15) is 5.78 Å². The topological polar surface area (TPSA) is 20.3 Å². The zero-order chi connectivity index (χ0) is 11.2. The number of carbonyl (C=O) groups is 1. The van der Waals surface area contributed by atoms with Gasteiger partial charge in [0.25, 0.3) is 0 Å². The molecule has 0 aromatic carbocycles. The lowest BCUT2D eigenvalue weighted by molar-refractivity contribution is -0.124. The Morgan fingerprint density at radius 1 is 0.875 bits per heavy atom. The van der Waals surface area contributed by atoms with Crippen molar-refractivity contribution in [2.24, 2.45) is 5.92 Å². The van der Waals surface area contributed by atoms with Crippen molar-refractivity contribution in [2.75, 3.05) is 19.6 Å². The molecule has 0 radical (unpaired) electrons. The van der Waals surface area contributed by atoms with Crippen molar-refractivity contribution in [3.05, 3.63) is 0 Å². The first-order valence-electron chi connectivity index (χ1n) is 7.11. The standard InChI is InChI=1S/C14H25NO/c16-14(13-8-4-3-5-9-13)12-15-10-6-1-2-7-11-15/h13H,1-12H2. The largest absolute Gasteiger partial charge is 0.298 e. The maximum atomic E-state index is 12.1. The molecule has 0 N–H and O–H groups in total. The second kappa shape index (κ2) is 6.39. The Morgan fingerprint density at radius 3 is 2.06 bits per heavy atom. The minimum atomic E-state index is 0.400. The molecule has 2 aliphatic rings. The average molecular weight is 223 g/mol. The molecule has 1 aliphatic carbocycles. The van der Waals surface area contributed by atoms with E-state index >= 15 is 0 Å². The van der Waals surface area contributed by atoms with Crippen LogP contribution in [0.2, 0.25) is 0 Å². The molecule has 92 valence electrons. The van der Waals surface area contributed by atoms with Crippen molar-refractivity contribution < 1.29 is 4.79 Å². The van der Waals surface area contributed by atoms with E-state index in [1.54, 1.807) is 0 Å². The van der Waals surface area contributed by atoms with Gasteiger partial charge in [-0.2, -0.15) is 0 Å². The first-order valence-corrected chi connectivity index (χ1v) is 7.11. The van der Waals surface area contributed by atoms with Gasteiger partial charge in [0.2, 0.25) is 0 Å². The highest BCUT2D eigenvalue weighted by Crippen LogP contribution is 2.24. The van der Waals surface area contributed by atoms with E-state index in [4.69, 9.17) is 0 Å². The maximum Gasteiger partial charge on any atom is 0.149 e. The van der Waals surface area contributed by atoms with Crippen LogP contribution in [0.1, 0.15) is 57.8 Å². The molecule has 2 nitrogen and oxygen atoms in total. The van der Waals surface area contributed by atoms with Crippen LogP contribution >= 0.6 is 0 Å². The minimum Gasteiger partial charge on any atom is -0.298 e. The molecule has 1 heterocycles. The maximum absolute atomic E-state index is 12.1. The SMILES string of the molecule is O=C(CN1CCCCCC1)C1CCCCC1. The van der Waals surface area contributed by atoms with E-state index in [2.05, 4.69) is 4.90 Å². The fourth-order valence-corrected chi connectivity index (χ4v) is 3.07. The molecule has 2 fully saturated rings. The summed E-state index contributed by atoms with van der Waals surface area (Å²) in [4.78, 5) is 14.5. The monoisotopic (exact) mass is 223 g/mol. The number of nitrogens with zero attached hydrogens (tertiary/aromatic N) is 1. The third-order valence-electron chi connectivity index (χ3n) is 4.14. The Hall–Kier alpha value is -0.370. The second-order valence-corrected chi connectivity index (χ2v) is 5.49. The first-order chi connectivity index (χ1) is 7.86. The van der Waals surface area contributed by atoms with Crippen LogP contribution in [0, 0.1) is 5.92 Å². The Bertz CT molecular complexity index is 213. The molecule has 0 unspecified atom stereocenters. The molecule has 0 spiro atoms. The predicted molar refractivity (Wildman–Crippen MR) is 66.5 cm³/mol. The van der Waals surface area contributed by atoms with E-state index in [1.165, 1.54) is 44.9 Å². The lowest BCUT2D eigenvalue weighted by Gasteiger charge is -2.24. The van der Waals surface area contributed by atoms with E-state index in [0.29, 0.717) is 11.7 Å². The molecule has 2 heteroatoms. The van der Waals surface area contributed by atoms with Crippen LogP contribution in [-0.4, -0.2) is 30.3 Å². The zero-order valence-corrected chi connectivity index (χ0v) is 10.4. The third kappa shape index (κ3) is 3.58. The Balaban J connectivity index is 1.76. The fourth-order valence-electron chi connectivity index (χ4n) is 3.07. The van der Waals surface area contributed by atoms with Gasteiger partial charge in [-0.25, -0.2) is 0 Å². The summed E-state index contributed by atoms with van der Waals surface area (Å²) in [7, 11) is 0. The summed E-state index contributed by atoms with van der Waals surface area (Å²) in [6.45, 7) is 3.04. The summed E-state index contributed by atoms with van der Waals surface area (Å²) < 4.78 is 0. The summed E-state index contributed by atoms with van der Waals surface area (Å²) in [6.07, 6.45) is 11.5. The van der Waals surface area contributed by atoms with Gasteiger partial charge in [-0.15, -0.1) is 0 Å². The Labute approximate surface area is 99.4 Å². The number of Topliss-reactive ketones (excluding diaryl/α,β-unsaturated/α-hetero) is 1. The van der Waals surface area contributed by atoms with Crippen LogP contribution in [0.4, 0.5) is 0 Å². The molecule has 1 aliphatic heterocycles. The van der Waals surface area contributed by atoms with Gasteiger partial charge >= 0.3 is 0 Å². The van der Waals surface area contributed by atoms with Crippen LogP contribution in [-0.2, 0) is 4.79 Å². The quantitative estimate of drug-likeness (QED) is 0.733. The summed E-state index contributed by atoms with van der Waals surface area (Å²) >= 11 is 0. The van der Waals surface area contributed by atoms with Crippen LogP contribution in [0.3, 0.4) is 0 Å². The normalized spacial score (nSPS) is 25.2. The summed E-state index contributed by atoms with van der Waals surface area (Å²) in [5.74, 6) is 0.929. The molecular formula is C14H25NO. The van der Waals surface area contributed by atoms with Gasteiger partial charge in [0.15, 0.2) is 0 Å². The van der Waals surface area contributed by atoms with Crippen LogP contribution in [0.5, 0.6) is 0 Å². The fraction of sp³-hybridized carbons (Fsp3) is 0.929. The van der Waals surface area contributed by atoms with Crippen molar-refractivity contribution in [2.45, 2.75) is 57.8 Å². The molecule has 0 amide bonds. The average Bonchev–Trinajstić information content (AvgIpc) is 2.59.